The number of ketones is 2. The Kier molecular flexibility index (Phi) is 5.61. The molecule has 1 aliphatic heterocycles. The minimum atomic E-state index is -4.82. The number of hydrogen-bond acceptors (Lipinski definition) is 5. The Hall–Kier alpha value is -3.69. The molecule has 182 valence electrons. The van der Waals surface area contributed by atoms with Gasteiger partial charge in [-0.15, -0.1) is 13.2 Å². The molecule has 2 fully saturated rings. The lowest BCUT2D eigenvalue weighted by atomic mass is 10.00. The van der Waals surface area contributed by atoms with Crippen LogP contribution in [0.2, 0.25) is 0 Å². The number of nitrogens with zero attached hydrogens (tertiary/aromatic N) is 3. The summed E-state index contributed by atoms with van der Waals surface area (Å²) in [7, 11) is 0. The van der Waals surface area contributed by atoms with E-state index in [1.54, 1.807) is 40.1 Å². The van der Waals surface area contributed by atoms with Gasteiger partial charge < -0.3 is 14.2 Å². The number of fused-ring (bicyclic) bond motifs is 2. The molecular formula is C25H22F3N3O4. The number of carbonyl (C=O) groups is 3. The molecule has 0 bridgehead atoms. The van der Waals surface area contributed by atoms with Gasteiger partial charge in [0, 0.05) is 35.8 Å². The average Bonchev–Trinajstić information content (AvgIpc) is 3.28. The highest BCUT2D eigenvalue weighted by atomic mass is 19.4. The molecule has 1 aromatic carbocycles. The summed E-state index contributed by atoms with van der Waals surface area (Å²) >= 11 is 0. The van der Waals surface area contributed by atoms with Crippen LogP contribution in [-0.4, -0.2) is 50.4 Å². The first-order valence-electron chi connectivity index (χ1n) is 11.2. The average molecular weight is 485 g/mol. The Balaban J connectivity index is 1.33. The molecule has 5 rings (SSSR count). The molecule has 2 aliphatic rings. The summed E-state index contributed by atoms with van der Waals surface area (Å²) in [5.74, 6) is -0.754. The van der Waals surface area contributed by atoms with E-state index in [9.17, 15) is 27.6 Å². The quantitative estimate of drug-likeness (QED) is 0.474. The van der Waals surface area contributed by atoms with Gasteiger partial charge in [0.05, 0.1) is 6.04 Å². The molecule has 3 aromatic rings. The summed E-state index contributed by atoms with van der Waals surface area (Å²) < 4.78 is 43.2. The largest absolute Gasteiger partial charge is 0.573 e. The van der Waals surface area contributed by atoms with Gasteiger partial charge in [0.25, 0.3) is 0 Å². The highest BCUT2D eigenvalue weighted by molar-refractivity contribution is 6.06. The fraction of sp³-hybridized carbons (Fsp3) is 0.360. The molecule has 1 saturated carbocycles. The fourth-order valence-corrected chi connectivity index (χ4v) is 5.03. The van der Waals surface area contributed by atoms with Gasteiger partial charge >= 0.3 is 6.36 Å². The monoisotopic (exact) mass is 485 g/mol. The third kappa shape index (κ3) is 4.65. The van der Waals surface area contributed by atoms with Gasteiger partial charge in [-0.3, -0.25) is 14.4 Å². The van der Waals surface area contributed by atoms with Crippen molar-refractivity contribution < 1.29 is 32.3 Å². The van der Waals surface area contributed by atoms with Crippen LogP contribution in [0.25, 0.3) is 11.0 Å². The second-order valence-corrected chi connectivity index (χ2v) is 9.06. The highest BCUT2D eigenvalue weighted by Crippen LogP contribution is 2.48. The fourth-order valence-electron chi connectivity index (χ4n) is 5.03. The number of rotatable bonds is 7. The molecular weight excluding hydrogens is 463 g/mol. The number of pyridine rings is 1. The van der Waals surface area contributed by atoms with E-state index in [0.717, 1.165) is 6.42 Å². The molecule has 0 radical (unpaired) electrons. The first kappa shape index (κ1) is 23.1. The number of halogens is 3. The summed E-state index contributed by atoms with van der Waals surface area (Å²) in [6.07, 6.45) is -0.362. The van der Waals surface area contributed by atoms with Gasteiger partial charge in [0.2, 0.25) is 5.91 Å². The lowest BCUT2D eigenvalue weighted by Gasteiger charge is -2.27. The Bertz CT molecular complexity index is 1330. The number of carbonyl (C=O) groups excluding carboxylic acids is 3. The number of amides is 1. The summed E-state index contributed by atoms with van der Waals surface area (Å²) in [6.45, 7) is 1.38. The third-order valence-electron chi connectivity index (χ3n) is 6.59. The molecule has 2 aromatic heterocycles. The van der Waals surface area contributed by atoms with E-state index in [2.05, 4.69) is 9.72 Å². The van der Waals surface area contributed by atoms with Crippen LogP contribution in [0.1, 0.15) is 35.7 Å². The first-order valence-corrected chi connectivity index (χ1v) is 11.2. The SMILES string of the molecule is CC(=O)c1cn(CC(=O)N2[C@@H]3C[C@@H]3C[C@H]2C(=O)Cc2cccc(OC(F)(F)F)c2)c2ncccc12. The number of likely N-dealkylation sites (tertiary alicyclic amines) is 1. The molecule has 0 spiro atoms. The summed E-state index contributed by atoms with van der Waals surface area (Å²) in [6, 6.07) is 8.16. The van der Waals surface area contributed by atoms with Gasteiger partial charge in [-0.05, 0) is 55.5 Å². The van der Waals surface area contributed by atoms with Gasteiger partial charge in [-0.2, -0.15) is 0 Å². The number of ether oxygens (including phenoxy) is 1. The molecule has 3 atom stereocenters. The van der Waals surface area contributed by atoms with Crippen LogP contribution >= 0.6 is 0 Å². The minimum Gasteiger partial charge on any atom is -0.406 e. The van der Waals surface area contributed by atoms with E-state index in [4.69, 9.17) is 0 Å². The number of Topliss-reactive ketones (excluding diaryl/α,β-unsaturated/α-hetero) is 2. The summed E-state index contributed by atoms with van der Waals surface area (Å²) in [5, 5.41) is 0.659. The van der Waals surface area contributed by atoms with Gasteiger partial charge in [-0.25, -0.2) is 4.98 Å². The van der Waals surface area contributed by atoms with E-state index in [1.807, 2.05) is 0 Å². The smallest absolute Gasteiger partial charge is 0.406 e. The Morgan fingerprint density at radius 3 is 2.69 bits per heavy atom. The van der Waals surface area contributed by atoms with E-state index in [0.29, 0.717) is 28.6 Å². The Labute approximate surface area is 198 Å². The highest BCUT2D eigenvalue weighted by Gasteiger charge is 2.55. The van der Waals surface area contributed by atoms with E-state index < -0.39 is 18.2 Å². The van der Waals surface area contributed by atoms with Crippen LogP contribution in [0.5, 0.6) is 5.75 Å². The maximum Gasteiger partial charge on any atom is 0.573 e. The van der Waals surface area contributed by atoms with Crippen LogP contribution in [0.4, 0.5) is 13.2 Å². The van der Waals surface area contributed by atoms with Crippen molar-refractivity contribution in [1.29, 1.82) is 0 Å². The van der Waals surface area contributed by atoms with Crippen LogP contribution in [0, 0.1) is 5.92 Å². The number of hydrogen-bond donors (Lipinski definition) is 0. The lowest BCUT2D eigenvalue weighted by Crippen LogP contribution is -2.45. The van der Waals surface area contributed by atoms with E-state index >= 15 is 0 Å². The third-order valence-corrected chi connectivity index (χ3v) is 6.59. The van der Waals surface area contributed by atoms with E-state index in [1.165, 1.54) is 25.1 Å². The van der Waals surface area contributed by atoms with Crippen molar-refractivity contribution in [2.75, 3.05) is 0 Å². The van der Waals surface area contributed by atoms with Gasteiger partial charge in [-0.1, -0.05) is 12.1 Å². The second kappa shape index (κ2) is 8.51. The number of alkyl halides is 3. The molecule has 1 amide bonds. The predicted octanol–water partition coefficient (Wildman–Crippen LogP) is 3.94. The predicted molar refractivity (Wildman–Crippen MR) is 119 cm³/mol. The summed E-state index contributed by atoms with van der Waals surface area (Å²) in [4.78, 5) is 44.4. The van der Waals surface area contributed by atoms with Gasteiger partial charge in [0.1, 0.15) is 17.9 Å². The van der Waals surface area contributed by atoms with Crippen molar-refractivity contribution >= 4 is 28.5 Å². The van der Waals surface area contributed by atoms with Crippen molar-refractivity contribution in [3.8, 4) is 5.75 Å². The molecule has 0 N–H and O–H groups in total. The maximum atomic E-state index is 13.3. The number of benzene rings is 1. The zero-order valence-corrected chi connectivity index (χ0v) is 18.8. The zero-order chi connectivity index (χ0) is 24.9. The first-order chi connectivity index (χ1) is 16.6. The minimum absolute atomic E-state index is 0.0154. The molecule has 1 saturated heterocycles. The second-order valence-electron chi connectivity index (χ2n) is 9.06. The van der Waals surface area contributed by atoms with Crippen LogP contribution in [0.3, 0.4) is 0 Å². The van der Waals surface area contributed by atoms with Crippen molar-refractivity contribution in [2.45, 2.75) is 51.2 Å². The van der Waals surface area contributed by atoms with E-state index in [-0.39, 0.29) is 42.4 Å². The maximum absolute atomic E-state index is 13.3. The van der Waals surface area contributed by atoms with Crippen molar-refractivity contribution in [1.82, 2.24) is 14.5 Å². The zero-order valence-electron chi connectivity index (χ0n) is 18.8. The standard InChI is InChI=1S/C25H22F3N3O4/c1-14(32)19-12-30(24-18(19)6-3-7-29-24)13-23(34)31-20-10-16(20)11-21(31)22(33)9-15-4-2-5-17(8-15)35-25(26,27)28/h2-8,12,16,20-21H,9-11,13H2,1H3/t16-,20-,21+/m1/s1. The van der Waals surface area contributed by atoms with Crippen LogP contribution in [-0.2, 0) is 22.6 Å². The molecule has 10 heteroatoms. The molecule has 7 nitrogen and oxygen atoms in total. The molecule has 0 unspecified atom stereocenters. The Morgan fingerprint density at radius 1 is 1.14 bits per heavy atom. The summed E-state index contributed by atoms with van der Waals surface area (Å²) in [5.41, 5.74) is 1.37. The lowest BCUT2D eigenvalue weighted by molar-refractivity contribution is -0.274. The number of piperidine rings is 1. The molecule has 3 heterocycles. The molecule has 1 aliphatic carbocycles. The van der Waals surface area contributed by atoms with Crippen LogP contribution < -0.4 is 4.74 Å². The molecule has 35 heavy (non-hydrogen) atoms. The normalized spacial score (nSPS) is 21.1. The number of aromatic nitrogens is 2. The van der Waals surface area contributed by atoms with Crippen molar-refractivity contribution in [3.63, 3.8) is 0 Å². The topological polar surface area (TPSA) is 81.5 Å². The van der Waals surface area contributed by atoms with Crippen molar-refractivity contribution in [2.24, 2.45) is 5.92 Å². The van der Waals surface area contributed by atoms with Crippen LogP contribution in [0.15, 0.2) is 48.8 Å². The van der Waals surface area contributed by atoms with Crippen molar-refractivity contribution in [3.05, 3.63) is 59.9 Å². The van der Waals surface area contributed by atoms with Gasteiger partial charge in [0.15, 0.2) is 11.6 Å². The Morgan fingerprint density at radius 2 is 1.94 bits per heavy atom.